The molecule has 1 atom stereocenters. The highest BCUT2D eigenvalue weighted by atomic mass is 32.2. The van der Waals surface area contributed by atoms with Crippen LogP contribution in [-0.4, -0.2) is 39.0 Å². The highest BCUT2D eigenvalue weighted by molar-refractivity contribution is 7.91. The van der Waals surface area contributed by atoms with Gasteiger partial charge in [0.25, 0.3) is 0 Å². The summed E-state index contributed by atoms with van der Waals surface area (Å²) in [6.45, 7) is 0.750. The molecule has 1 N–H and O–H groups in total. The number of benzene rings is 2. The van der Waals surface area contributed by atoms with Crippen LogP contribution in [0.1, 0.15) is 12.8 Å². The van der Waals surface area contributed by atoms with Gasteiger partial charge in [0, 0.05) is 12.0 Å². The fourth-order valence-corrected chi connectivity index (χ4v) is 5.03. The molecule has 3 rings (SSSR count). The number of sulfone groups is 1. The van der Waals surface area contributed by atoms with Crippen molar-refractivity contribution in [1.29, 1.82) is 0 Å². The molecule has 0 radical (unpaired) electrons. The van der Waals surface area contributed by atoms with Gasteiger partial charge < -0.3 is 10.1 Å². The van der Waals surface area contributed by atoms with Crippen LogP contribution < -0.4 is 10.1 Å². The number of hydrogen-bond acceptors (Lipinski definition) is 4. The summed E-state index contributed by atoms with van der Waals surface area (Å²) in [6, 6.07) is 17.8. The monoisotopic (exact) mass is 373 g/mol. The van der Waals surface area contributed by atoms with E-state index in [1.807, 2.05) is 54.6 Å². The van der Waals surface area contributed by atoms with Gasteiger partial charge >= 0.3 is 0 Å². The molecule has 0 saturated carbocycles. The molecule has 6 heteroatoms. The number of carbonyl (C=O) groups excluding carboxylic acids is 1. The van der Waals surface area contributed by atoms with Gasteiger partial charge in [0.1, 0.15) is 12.4 Å². The number of hydrogen-bond donors (Lipinski definition) is 1. The van der Waals surface area contributed by atoms with Crippen LogP contribution in [0.15, 0.2) is 54.6 Å². The van der Waals surface area contributed by atoms with Crippen LogP contribution in [0.25, 0.3) is 11.1 Å². The summed E-state index contributed by atoms with van der Waals surface area (Å²) < 4.78 is 28.7. The number of ether oxygens (including phenoxy) is 1. The molecule has 0 spiro atoms. The first kappa shape index (κ1) is 18.5. The van der Waals surface area contributed by atoms with Crippen molar-refractivity contribution in [1.82, 2.24) is 5.32 Å². The van der Waals surface area contributed by atoms with E-state index < -0.39 is 9.84 Å². The molecule has 1 heterocycles. The maximum absolute atomic E-state index is 11.9. The normalized spacial score (nSPS) is 18.4. The van der Waals surface area contributed by atoms with Crippen LogP contribution in [0.4, 0.5) is 0 Å². The van der Waals surface area contributed by atoms with E-state index in [4.69, 9.17) is 4.74 Å². The number of nitrogens with one attached hydrogen (secondary N) is 1. The van der Waals surface area contributed by atoms with Gasteiger partial charge in [-0.2, -0.15) is 0 Å². The van der Waals surface area contributed by atoms with E-state index in [1.54, 1.807) is 0 Å². The Kier molecular flexibility index (Phi) is 5.93. The van der Waals surface area contributed by atoms with Crippen molar-refractivity contribution >= 4 is 15.7 Å². The van der Waals surface area contributed by atoms with Crippen molar-refractivity contribution in [3.63, 3.8) is 0 Å². The molecule has 1 saturated heterocycles. The van der Waals surface area contributed by atoms with E-state index in [-0.39, 0.29) is 29.8 Å². The average molecular weight is 373 g/mol. The number of amides is 1. The van der Waals surface area contributed by atoms with Crippen molar-refractivity contribution in [3.8, 4) is 16.9 Å². The van der Waals surface area contributed by atoms with Gasteiger partial charge in [0.05, 0.1) is 18.1 Å². The zero-order chi connectivity index (χ0) is 18.4. The lowest BCUT2D eigenvalue weighted by molar-refractivity contribution is -0.121. The zero-order valence-electron chi connectivity index (χ0n) is 14.6. The van der Waals surface area contributed by atoms with Gasteiger partial charge in [-0.1, -0.05) is 48.5 Å². The van der Waals surface area contributed by atoms with Gasteiger partial charge in [-0.25, -0.2) is 8.42 Å². The van der Waals surface area contributed by atoms with Crippen molar-refractivity contribution in [3.05, 3.63) is 54.6 Å². The lowest BCUT2D eigenvalue weighted by atomic mass is 10.0. The smallest absolute Gasteiger partial charge is 0.220 e. The van der Waals surface area contributed by atoms with Crippen LogP contribution in [-0.2, 0) is 14.6 Å². The SMILES string of the molecule is O=C(CC1CCS(=O)(=O)C1)NCCOc1ccccc1-c1ccccc1. The van der Waals surface area contributed by atoms with Gasteiger partial charge in [0.15, 0.2) is 9.84 Å². The molecule has 1 aliphatic rings. The summed E-state index contributed by atoms with van der Waals surface area (Å²) in [6.07, 6.45) is 0.844. The van der Waals surface area contributed by atoms with Crippen LogP contribution in [0, 0.1) is 5.92 Å². The first-order valence-corrected chi connectivity index (χ1v) is 10.6. The fourth-order valence-electron chi connectivity index (χ4n) is 3.17. The maximum Gasteiger partial charge on any atom is 0.220 e. The Balaban J connectivity index is 1.46. The van der Waals surface area contributed by atoms with E-state index in [0.29, 0.717) is 19.6 Å². The van der Waals surface area contributed by atoms with Crippen molar-refractivity contribution in [2.75, 3.05) is 24.7 Å². The van der Waals surface area contributed by atoms with E-state index in [9.17, 15) is 13.2 Å². The predicted octanol–water partition coefficient (Wildman–Crippen LogP) is 2.67. The second kappa shape index (κ2) is 8.36. The minimum absolute atomic E-state index is 0.0558. The molecule has 1 amide bonds. The summed E-state index contributed by atoms with van der Waals surface area (Å²) in [4.78, 5) is 11.9. The predicted molar refractivity (Wildman–Crippen MR) is 102 cm³/mol. The third-order valence-electron chi connectivity index (χ3n) is 4.45. The summed E-state index contributed by atoms with van der Waals surface area (Å²) in [5, 5.41) is 2.81. The molecule has 2 aromatic rings. The molecule has 0 aromatic heterocycles. The number of para-hydroxylation sites is 1. The molecule has 138 valence electrons. The quantitative estimate of drug-likeness (QED) is 0.758. The molecule has 5 nitrogen and oxygen atoms in total. The highest BCUT2D eigenvalue weighted by Crippen LogP contribution is 2.29. The van der Waals surface area contributed by atoms with Crippen LogP contribution in [0.2, 0.25) is 0 Å². The van der Waals surface area contributed by atoms with Crippen molar-refractivity contribution in [2.45, 2.75) is 12.8 Å². The van der Waals surface area contributed by atoms with E-state index in [0.717, 1.165) is 16.9 Å². The first-order valence-electron chi connectivity index (χ1n) is 8.78. The second-order valence-electron chi connectivity index (χ2n) is 6.53. The Bertz CT molecular complexity index is 849. The van der Waals surface area contributed by atoms with Gasteiger partial charge in [-0.05, 0) is 24.0 Å². The highest BCUT2D eigenvalue weighted by Gasteiger charge is 2.29. The zero-order valence-corrected chi connectivity index (χ0v) is 15.4. The number of rotatable bonds is 7. The van der Waals surface area contributed by atoms with Gasteiger partial charge in [-0.3, -0.25) is 4.79 Å². The van der Waals surface area contributed by atoms with Gasteiger partial charge in [-0.15, -0.1) is 0 Å². The third-order valence-corrected chi connectivity index (χ3v) is 6.29. The molecule has 0 bridgehead atoms. The molecule has 26 heavy (non-hydrogen) atoms. The molecule has 1 aliphatic heterocycles. The Hall–Kier alpha value is -2.34. The van der Waals surface area contributed by atoms with Crippen LogP contribution >= 0.6 is 0 Å². The minimum Gasteiger partial charge on any atom is -0.491 e. The molecule has 2 aromatic carbocycles. The van der Waals surface area contributed by atoms with E-state index in [2.05, 4.69) is 5.32 Å². The Labute approximate surface area is 154 Å². The van der Waals surface area contributed by atoms with Crippen molar-refractivity contribution < 1.29 is 17.9 Å². The average Bonchev–Trinajstić information content (AvgIpc) is 2.98. The standard InChI is InChI=1S/C20H23NO4S/c22-20(14-16-10-13-26(23,24)15-16)21-11-12-25-19-9-5-4-8-18(19)17-6-2-1-3-7-17/h1-9,16H,10-15H2,(H,21,22). The van der Waals surface area contributed by atoms with E-state index >= 15 is 0 Å². The van der Waals surface area contributed by atoms with Crippen molar-refractivity contribution in [2.24, 2.45) is 5.92 Å². The summed E-state index contributed by atoms with van der Waals surface area (Å²) >= 11 is 0. The Morgan fingerprint density at radius 2 is 1.81 bits per heavy atom. The molecular weight excluding hydrogens is 350 g/mol. The topological polar surface area (TPSA) is 72.5 Å². The lowest BCUT2D eigenvalue weighted by Crippen LogP contribution is -2.29. The molecular formula is C20H23NO4S. The molecule has 0 aliphatic carbocycles. The van der Waals surface area contributed by atoms with Crippen LogP contribution in [0.5, 0.6) is 5.75 Å². The van der Waals surface area contributed by atoms with Crippen LogP contribution in [0.3, 0.4) is 0 Å². The number of carbonyl (C=O) groups is 1. The summed E-state index contributed by atoms with van der Waals surface area (Å²) in [7, 11) is -2.94. The molecule has 1 fully saturated rings. The molecule has 1 unspecified atom stereocenters. The summed E-state index contributed by atoms with van der Waals surface area (Å²) in [5.41, 5.74) is 2.09. The third kappa shape index (κ3) is 5.08. The fraction of sp³-hybridized carbons (Fsp3) is 0.350. The van der Waals surface area contributed by atoms with E-state index in [1.165, 1.54) is 0 Å². The first-order chi connectivity index (χ1) is 12.5. The lowest BCUT2D eigenvalue weighted by Gasteiger charge is -2.13. The Morgan fingerprint density at radius 3 is 2.54 bits per heavy atom. The maximum atomic E-state index is 11.9. The van der Waals surface area contributed by atoms with Gasteiger partial charge in [0.2, 0.25) is 5.91 Å². The second-order valence-corrected chi connectivity index (χ2v) is 8.76. The summed E-state index contributed by atoms with van der Waals surface area (Å²) in [5.74, 6) is 0.924. The Morgan fingerprint density at radius 1 is 1.08 bits per heavy atom. The minimum atomic E-state index is -2.94. The largest absolute Gasteiger partial charge is 0.491 e.